The molecule has 2 rings (SSSR count). The summed E-state index contributed by atoms with van der Waals surface area (Å²) in [4.78, 5) is 28.1. The van der Waals surface area contributed by atoms with Gasteiger partial charge in [-0.15, -0.1) is 0 Å². The zero-order valence-electron chi connectivity index (χ0n) is 20.8. The Labute approximate surface area is 204 Å². The number of aryl methyl sites for hydroxylation is 1. The minimum atomic E-state index is -3.72. The molecule has 34 heavy (non-hydrogen) atoms. The molecule has 8 heteroatoms. The van der Waals surface area contributed by atoms with Crippen LogP contribution in [0.1, 0.15) is 44.7 Å². The van der Waals surface area contributed by atoms with Gasteiger partial charge in [-0.25, -0.2) is 8.42 Å². The molecule has 0 aliphatic heterocycles. The van der Waals surface area contributed by atoms with Crippen molar-refractivity contribution in [2.24, 2.45) is 0 Å². The minimum absolute atomic E-state index is 0.0206. The van der Waals surface area contributed by atoms with Crippen molar-refractivity contribution >= 4 is 27.5 Å². The summed E-state index contributed by atoms with van der Waals surface area (Å²) in [5.41, 5.74) is 2.44. The van der Waals surface area contributed by atoms with E-state index in [0.717, 1.165) is 28.1 Å². The third-order valence-electron chi connectivity index (χ3n) is 5.87. The van der Waals surface area contributed by atoms with Gasteiger partial charge in [0, 0.05) is 12.6 Å². The molecule has 0 unspecified atom stereocenters. The Bertz CT molecular complexity index is 1040. The Balaban J connectivity index is 2.34. The summed E-state index contributed by atoms with van der Waals surface area (Å²) in [7, 11) is -3.72. The number of hydrogen-bond acceptors (Lipinski definition) is 4. The number of rotatable bonds is 12. The van der Waals surface area contributed by atoms with Crippen LogP contribution in [0.3, 0.4) is 0 Å². The molecule has 0 aromatic heterocycles. The molecule has 2 amide bonds. The first-order chi connectivity index (χ1) is 16.1. The number of sulfonamides is 1. The second-order valence-corrected chi connectivity index (χ2v) is 10.6. The lowest BCUT2D eigenvalue weighted by Crippen LogP contribution is -2.54. The third kappa shape index (κ3) is 7.87. The molecule has 0 radical (unpaired) electrons. The summed E-state index contributed by atoms with van der Waals surface area (Å²) < 4.78 is 26.3. The summed E-state index contributed by atoms with van der Waals surface area (Å²) in [6, 6.07) is 16.0. The lowest BCUT2D eigenvalue weighted by Gasteiger charge is -2.33. The van der Waals surface area contributed by atoms with Gasteiger partial charge in [0.25, 0.3) is 0 Å². The highest BCUT2D eigenvalue weighted by atomic mass is 32.2. The van der Waals surface area contributed by atoms with Crippen LogP contribution in [0.4, 0.5) is 5.69 Å². The zero-order valence-corrected chi connectivity index (χ0v) is 21.6. The Morgan fingerprint density at radius 2 is 1.59 bits per heavy atom. The van der Waals surface area contributed by atoms with Crippen molar-refractivity contribution in [3.63, 3.8) is 0 Å². The number of nitrogens with zero attached hydrogens (tertiary/aromatic N) is 2. The first kappa shape index (κ1) is 27.4. The molecule has 0 heterocycles. The van der Waals surface area contributed by atoms with Crippen LogP contribution in [-0.4, -0.2) is 56.6 Å². The number of anilines is 1. The molecule has 1 N–H and O–H groups in total. The van der Waals surface area contributed by atoms with E-state index in [-0.39, 0.29) is 18.5 Å². The highest BCUT2D eigenvalue weighted by molar-refractivity contribution is 7.92. The molecular formula is C26H37N3O4S. The fourth-order valence-electron chi connectivity index (χ4n) is 3.66. The van der Waals surface area contributed by atoms with Gasteiger partial charge in [0.2, 0.25) is 21.8 Å². The van der Waals surface area contributed by atoms with Crippen LogP contribution < -0.4 is 9.62 Å². The first-order valence-electron chi connectivity index (χ1n) is 11.7. The summed E-state index contributed by atoms with van der Waals surface area (Å²) in [5, 5.41) is 2.97. The van der Waals surface area contributed by atoms with Crippen LogP contribution in [0.15, 0.2) is 54.6 Å². The van der Waals surface area contributed by atoms with Crippen molar-refractivity contribution < 1.29 is 18.0 Å². The van der Waals surface area contributed by atoms with Crippen molar-refractivity contribution in [1.82, 2.24) is 10.2 Å². The normalized spacial score (nSPS) is 13.1. The van der Waals surface area contributed by atoms with E-state index in [1.165, 1.54) is 4.90 Å². The fourth-order valence-corrected chi connectivity index (χ4v) is 4.51. The first-order valence-corrected chi connectivity index (χ1v) is 13.6. The van der Waals surface area contributed by atoms with E-state index in [2.05, 4.69) is 5.32 Å². The Hall–Kier alpha value is -2.87. The zero-order chi connectivity index (χ0) is 25.3. The number of amides is 2. The molecule has 186 valence electrons. The molecule has 2 aromatic rings. The van der Waals surface area contributed by atoms with E-state index in [9.17, 15) is 18.0 Å². The molecule has 0 spiro atoms. The van der Waals surface area contributed by atoms with Gasteiger partial charge in [-0.05, 0) is 50.8 Å². The molecule has 0 saturated heterocycles. The van der Waals surface area contributed by atoms with Gasteiger partial charge >= 0.3 is 0 Å². The fraction of sp³-hybridized carbons (Fsp3) is 0.462. The van der Waals surface area contributed by atoms with Crippen molar-refractivity contribution in [2.45, 2.75) is 59.0 Å². The molecule has 0 fully saturated rings. The summed E-state index contributed by atoms with van der Waals surface area (Å²) >= 11 is 0. The molecule has 0 bridgehead atoms. The maximum absolute atomic E-state index is 13.6. The van der Waals surface area contributed by atoms with Gasteiger partial charge in [-0.2, -0.15) is 0 Å². The van der Waals surface area contributed by atoms with Crippen molar-refractivity contribution in [3.05, 3.63) is 65.7 Å². The number of nitrogens with one attached hydrogen (secondary N) is 1. The average Bonchev–Trinajstić information content (AvgIpc) is 2.80. The number of carbonyl (C=O) groups is 2. The molecule has 2 atom stereocenters. The van der Waals surface area contributed by atoms with Gasteiger partial charge in [0.1, 0.15) is 12.6 Å². The lowest BCUT2D eigenvalue weighted by molar-refractivity contribution is -0.139. The lowest BCUT2D eigenvalue weighted by atomic mass is 10.1. The van der Waals surface area contributed by atoms with Gasteiger partial charge < -0.3 is 10.2 Å². The molecule has 7 nitrogen and oxygen atoms in total. The molecular weight excluding hydrogens is 450 g/mol. The number of hydrogen-bond donors (Lipinski definition) is 1. The second-order valence-electron chi connectivity index (χ2n) is 8.67. The number of benzene rings is 2. The highest BCUT2D eigenvalue weighted by Gasteiger charge is 2.31. The Morgan fingerprint density at radius 3 is 2.12 bits per heavy atom. The van der Waals surface area contributed by atoms with Crippen LogP contribution in [0.2, 0.25) is 0 Å². The minimum Gasteiger partial charge on any atom is -0.352 e. The number of carbonyl (C=O) groups excluding carboxylic acids is 2. The molecule has 2 aromatic carbocycles. The van der Waals surface area contributed by atoms with E-state index < -0.39 is 22.0 Å². The SMILES string of the molecule is CC[C@@H](C)NC(=O)[C@H](CC)N(CCc1ccccc1)C(=O)CN(c1ccc(C)cc1)S(C)(=O)=O. The summed E-state index contributed by atoms with van der Waals surface area (Å²) in [5.74, 6) is -0.632. The van der Waals surface area contributed by atoms with Crippen molar-refractivity contribution in [2.75, 3.05) is 23.7 Å². The van der Waals surface area contributed by atoms with Gasteiger partial charge in [0.05, 0.1) is 11.9 Å². The smallest absolute Gasteiger partial charge is 0.244 e. The maximum atomic E-state index is 13.6. The standard InChI is InChI=1S/C26H37N3O4S/c1-6-21(4)27-26(31)24(7-2)28(18-17-22-11-9-8-10-12-22)25(30)19-29(34(5,32)33)23-15-13-20(3)14-16-23/h8-16,21,24H,6-7,17-19H2,1-5H3,(H,27,31)/t21-,24+/m1/s1. The summed E-state index contributed by atoms with van der Waals surface area (Å²) in [6.07, 6.45) is 2.84. The summed E-state index contributed by atoms with van der Waals surface area (Å²) in [6.45, 7) is 7.61. The van der Waals surface area contributed by atoms with Crippen molar-refractivity contribution in [1.29, 1.82) is 0 Å². The Morgan fingerprint density at radius 1 is 0.971 bits per heavy atom. The Kier molecular flexibility index (Phi) is 10.1. The quantitative estimate of drug-likeness (QED) is 0.496. The van der Waals surface area contributed by atoms with E-state index in [1.807, 2.05) is 58.0 Å². The van der Waals surface area contributed by atoms with Crippen LogP contribution in [0.25, 0.3) is 0 Å². The van der Waals surface area contributed by atoms with E-state index in [0.29, 0.717) is 25.1 Å². The topological polar surface area (TPSA) is 86.8 Å². The molecule has 0 aliphatic rings. The van der Waals surface area contributed by atoms with E-state index >= 15 is 0 Å². The van der Waals surface area contributed by atoms with Crippen molar-refractivity contribution in [3.8, 4) is 0 Å². The monoisotopic (exact) mass is 487 g/mol. The predicted molar refractivity (Wildman–Crippen MR) is 137 cm³/mol. The van der Waals surface area contributed by atoms with E-state index in [1.54, 1.807) is 24.3 Å². The van der Waals surface area contributed by atoms with Crippen LogP contribution in [0, 0.1) is 6.92 Å². The van der Waals surface area contributed by atoms with Gasteiger partial charge in [-0.1, -0.05) is 61.9 Å². The average molecular weight is 488 g/mol. The van der Waals surface area contributed by atoms with Crippen LogP contribution in [-0.2, 0) is 26.0 Å². The van der Waals surface area contributed by atoms with Crippen LogP contribution in [0.5, 0.6) is 0 Å². The van der Waals surface area contributed by atoms with Crippen LogP contribution >= 0.6 is 0 Å². The molecule has 0 aliphatic carbocycles. The largest absolute Gasteiger partial charge is 0.352 e. The van der Waals surface area contributed by atoms with Gasteiger partial charge in [-0.3, -0.25) is 13.9 Å². The molecule has 0 saturated carbocycles. The maximum Gasteiger partial charge on any atom is 0.244 e. The van der Waals surface area contributed by atoms with Gasteiger partial charge in [0.15, 0.2) is 0 Å². The predicted octanol–water partition coefficient (Wildman–Crippen LogP) is 3.53. The highest BCUT2D eigenvalue weighted by Crippen LogP contribution is 2.19. The van der Waals surface area contributed by atoms with E-state index in [4.69, 9.17) is 0 Å². The second kappa shape index (κ2) is 12.6. The third-order valence-corrected chi connectivity index (χ3v) is 7.01.